The van der Waals surface area contributed by atoms with Crippen LogP contribution in [0.5, 0.6) is 0 Å². The fraction of sp³-hybridized carbons (Fsp3) is 0.889. The number of amides is 2. The molecule has 0 bridgehead atoms. The molecule has 1 heterocycles. The van der Waals surface area contributed by atoms with E-state index in [0.29, 0.717) is 25.5 Å². The zero-order valence-electron chi connectivity index (χ0n) is 14.7. The summed E-state index contributed by atoms with van der Waals surface area (Å²) in [6.45, 7) is 5.99. The Kier molecular flexibility index (Phi) is 7.34. The summed E-state index contributed by atoms with van der Waals surface area (Å²) in [5.74, 6) is 0.652. The first-order valence-corrected chi connectivity index (χ1v) is 9.36. The van der Waals surface area contributed by atoms with Gasteiger partial charge in [0.05, 0.1) is 0 Å². The Labute approximate surface area is 140 Å². The fourth-order valence-corrected chi connectivity index (χ4v) is 3.31. The van der Waals surface area contributed by atoms with Gasteiger partial charge in [0.1, 0.15) is 6.10 Å². The van der Waals surface area contributed by atoms with Gasteiger partial charge in [-0.25, -0.2) is 0 Å². The lowest BCUT2D eigenvalue weighted by Crippen LogP contribution is -2.53. The number of hydrogen-bond donors (Lipinski definition) is 1. The molecule has 2 atom stereocenters. The molecule has 5 heteroatoms. The first kappa shape index (κ1) is 18.2. The molecule has 1 aliphatic heterocycles. The van der Waals surface area contributed by atoms with Crippen LogP contribution in [0.15, 0.2) is 0 Å². The van der Waals surface area contributed by atoms with Crippen LogP contribution in [0.3, 0.4) is 0 Å². The van der Waals surface area contributed by atoms with Gasteiger partial charge < -0.3 is 15.0 Å². The summed E-state index contributed by atoms with van der Waals surface area (Å²) < 4.78 is 5.73. The normalized spacial score (nSPS) is 22.7. The molecule has 5 nitrogen and oxygen atoms in total. The van der Waals surface area contributed by atoms with Gasteiger partial charge >= 0.3 is 0 Å². The molecule has 0 aromatic heterocycles. The standard InChI is InChI=1S/C18H32N2O3/c1-3-5-9-16(21)19-13-15-8-6-7-12-20(15)18(22)17(23-4-2)14-10-11-14/h14-15,17H,3-13H2,1-2H3,(H,19,21). The van der Waals surface area contributed by atoms with Crippen LogP contribution in [0.2, 0.25) is 0 Å². The Morgan fingerprint density at radius 3 is 2.65 bits per heavy atom. The van der Waals surface area contributed by atoms with Gasteiger partial charge in [-0.2, -0.15) is 0 Å². The van der Waals surface area contributed by atoms with Crippen molar-refractivity contribution in [2.45, 2.75) is 77.4 Å². The van der Waals surface area contributed by atoms with Crippen molar-refractivity contribution in [3.8, 4) is 0 Å². The zero-order chi connectivity index (χ0) is 16.7. The zero-order valence-corrected chi connectivity index (χ0v) is 14.7. The maximum atomic E-state index is 12.9. The molecule has 0 aromatic carbocycles. The van der Waals surface area contributed by atoms with Crippen molar-refractivity contribution in [2.24, 2.45) is 5.92 Å². The highest BCUT2D eigenvalue weighted by atomic mass is 16.5. The van der Waals surface area contributed by atoms with Crippen molar-refractivity contribution in [1.29, 1.82) is 0 Å². The van der Waals surface area contributed by atoms with Crippen LogP contribution in [0, 0.1) is 5.92 Å². The Morgan fingerprint density at radius 1 is 1.22 bits per heavy atom. The van der Waals surface area contributed by atoms with Crippen LogP contribution < -0.4 is 5.32 Å². The number of piperidine rings is 1. The van der Waals surface area contributed by atoms with Crippen LogP contribution in [0.4, 0.5) is 0 Å². The van der Waals surface area contributed by atoms with E-state index in [-0.39, 0.29) is 24.0 Å². The van der Waals surface area contributed by atoms with Crippen molar-refractivity contribution < 1.29 is 14.3 Å². The smallest absolute Gasteiger partial charge is 0.252 e. The summed E-state index contributed by atoms with van der Waals surface area (Å²) in [5, 5.41) is 3.01. The van der Waals surface area contributed by atoms with E-state index in [1.165, 1.54) is 0 Å². The number of carbonyl (C=O) groups excluding carboxylic acids is 2. The molecule has 1 aliphatic carbocycles. The minimum Gasteiger partial charge on any atom is -0.368 e. The van der Waals surface area contributed by atoms with Gasteiger partial charge in [0.15, 0.2) is 0 Å². The number of carbonyl (C=O) groups is 2. The van der Waals surface area contributed by atoms with E-state index in [2.05, 4.69) is 12.2 Å². The number of nitrogens with zero attached hydrogens (tertiary/aromatic N) is 1. The number of rotatable bonds is 9. The average Bonchev–Trinajstić information content (AvgIpc) is 3.40. The predicted octanol–water partition coefficient (Wildman–Crippen LogP) is 2.49. The van der Waals surface area contributed by atoms with Crippen molar-refractivity contribution in [2.75, 3.05) is 19.7 Å². The monoisotopic (exact) mass is 324 g/mol. The van der Waals surface area contributed by atoms with Crippen LogP contribution in [-0.2, 0) is 14.3 Å². The van der Waals surface area contributed by atoms with Gasteiger partial charge in [-0.05, 0) is 51.4 Å². The summed E-state index contributed by atoms with van der Waals surface area (Å²) in [5.41, 5.74) is 0. The molecular formula is C18H32N2O3. The summed E-state index contributed by atoms with van der Waals surface area (Å²) in [6, 6.07) is 0.128. The van der Waals surface area contributed by atoms with Crippen LogP contribution in [0.25, 0.3) is 0 Å². The van der Waals surface area contributed by atoms with Crippen molar-refractivity contribution in [1.82, 2.24) is 10.2 Å². The van der Waals surface area contributed by atoms with E-state index < -0.39 is 0 Å². The number of unbranched alkanes of at least 4 members (excludes halogenated alkanes) is 1. The number of likely N-dealkylation sites (tertiary alicyclic amines) is 1. The predicted molar refractivity (Wildman–Crippen MR) is 90.0 cm³/mol. The SMILES string of the molecule is CCCCC(=O)NCC1CCCCN1C(=O)C(OCC)C1CC1. The van der Waals surface area contributed by atoms with Crippen LogP contribution in [0.1, 0.15) is 65.2 Å². The highest BCUT2D eigenvalue weighted by Crippen LogP contribution is 2.36. The molecule has 0 spiro atoms. The summed E-state index contributed by atoms with van der Waals surface area (Å²) in [4.78, 5) is 26.7. The number of hydrogen-bond acceptors (Lipinski definition) is 3. The third-order valence-corrected chi connectivity index (χ3v) is 4.84. The van der Waals surface area contributed by atoms with Crippen LogP contribution in [-0.4, -0.2) is 48.6 Å². The largest absolute Gasteiger partial charge is 0.368 e. The second-order valence-electron chi connectivity index (χ2n) is 6.80. The van der Waals surface area contributed by atoms with Gasteiger partial charge in [-0.3, -0.25) is 9.59 Å². The molecule has 0 radical (unpaired) electrons. The van der Waals surface area contributed by atoms with Crippen LogP contribution >= 0.6 is 0 Å². The third kappa shape index (κ3) is 5.48. The van der Waals surface area contributed by atoms with Crippen molar-refractivity contribution in [3.63, 3.8) is 0 Å². The van der Waals surface area contributed by atoms with Gasteiger partial charge in [-0.1, -0.05) is 13.3 Å². The molecule has 1 N–H and O–H groups in total. The first-order valence-electron chi connectivity index (χ1n) is 9.36. The number of nitrogens with one attached hydrogen (secondary N) is 1. The first-order chi connectivity index (χ1) is 11.2. The highest BCUT2D eigenvalue weighted by molar-refractivity contribution is 5.82. The number of ether oxygens (including phenoxy) is 1. The van der Waals surface area contributed by atoms with E-state index >= 15 is 0 Å². The average molecular weight is 324 g/mol. The summed E-state index contributed by atoms with van der Waals surface area (Å²) >= 11 is 0. The summed E-state index contributed by atoms with van der Waals surface area (Å²) in [7, 11) is 0. The molecule has 1 saturated carbocycles. The minimum absolute atomic E-state index is 0.105. The van der Waals surface area contributed by atoms with E-state index in [0.717, 1.165) is 51.5 Å². The third-order valence-electron chi connectivity index (χ3n) is 4.84. The van der Waals surface area contributed by atoms with Gasteiger partial charge in [0.25, 0.3) is 5.91 Å². The quantitative estimate of drug-likeness (QED) is 0.709. The summed E-state index contributed by atoms with van der Waals surface area (Å²) in [6.07, 6.45) is 7.62. The lowest BCUT2D eigenvalue weighted by Gasteiger charge is -2.38. The van der Waals surface area contributed by atoms with E-state index in [9.17, 15) is 9.59 Å². The molecular weight excluding hydrogens is 292 g/mol. The van der Waals surface area contributed by atoms with Crippen molar-refractivity contribution >= 4 is 11.8 Å². The molecule has 2 fully saturated rings. The molecule has 2 amide bonds. The van der Waals surface area contributed by atoms with E-state index in [1.54, 1.807) is 0 Å². The van der Waals surface area contributed by atoms with Gasteiger partial charge in [0.2, 0.25) is 5.91 Å². The molecule has 23 heavy (non-hydrogen) atoms. The topological polar surface area (TPSA) is 58.6 Å². The van der Waals surface area contributed by atoms with E-state index in [4.69, 9.17) is 4.74 Å². The second kappa shape index (κ2) is 9.26. The van der Waals surface area contributed by atoms with Crippen molar-refractivity contribution in [3.05, 3.63) is 0 Å². The Hall–Kier alpha value is -1.10. The second-order valence-corrected chi connectivity index (χ2v) is 6.80. The fourth-order valence-electron chi connectivity index (χ4n) is 3.31. The van der Waals surface area contributed by atoms with Gasteiger partial charge in [0, 0.05) is 32.2 Å². The Bertz CT molecular complexity index is 396. The Balaban J connectivity index is 1.89. The molecule has 132 valence electrons. The molecule has 2 rings (SSSR count). The highest BCUT2D eigenvalue weighted by Gasteiger charge is 2.41. The molecule has 2 unspecified atom stereocenters. The lowest BCUT2D eigenvalue weighted by molar-refractivity contribution is -0.149. The maximum Gasteiger partial charge on any atom is 0.252 e. The minimum atomic E-state index is -0.267. The molecule has 2 aliphatic rings. The maximum absolute atomic E-state index is 12.9. The Morgan fingerprint density at radius 2 is 2.00 bits per heavy atom. The van der Waals surface area contributed by atoms with Gasteiger partial charge in [-0.15, -0.1) is 0 Å². The van der Waals surface area contributed by atoms with E-state index in [1.807, 2.05) is 11.8 Å². The molecule has 1 saturated heterocycles. The lowest BCUT2D eigenvalue weighted by atomic mass is 10.00. The molecule has 0 aromatic rings.